The average molecular weight is 409 g/mol. The minimum absolute atomic E-state index is 0.194. The van der Waals surface area contributed by atoms with Crippen LogP contribution < -0.4 is 15.4 Å². The highest BCUT2D eigenvalue weighted by molar-refractivity contribution is 5.80. The van der Waals surface area contributed by atoms with Crippen molar-refractivity contribution in [1.82, 2.24) is 15.5 Å². The number of hydrogen-bond acceptors (Lipinski definition) is 5. The van der Waals surface area contributed by atoms with E-state index >= 15 is 0 Å². The van der Waals surface area contributed by atoms with Gasteiger partial charge in [-0.3, -0.25) is 4.79 Å². The highest BCUT2D eigenvalue weighted by Gasteiger charge is 2.39. The third kappa shape index (κ3) is 4.06. The number of nitriles is 1. The predicted molar refractivity (Wildman–Crippen MR) is 114 cm³/mol. The molecule has 0 spiro atoms. The number of hydrogen-bond donors (Lipinski definition) is 2. The number of nitrogens with one attached hydrogen (secondary N) is 2. The smallest absolute Gasteiger partial charge is 0.225 e. The maximum atomic E-state index is 12.1. The van der Waals surface area contributed by atoms with E-state index in [1.54, 1.807) is 0 Å². The maximum absolute atomic E-state index is 12.1. The summed E-state index contributed by atoms with van der Waals surface area (Å²) in [6.07, 6.45) is 5.95. The number of fused-ring (bicyclic) bond motifs is 3. The van der Waals surface area contributed by atoms with Crippen LogP contribution in [0.4, 0.5) is 0 Å². The van der Waals surface area contributed by atoms with Crippen molar-refractivity contribution in [2.75, 3.05) is 39.3 Å². The van der Waals surface area contributed by atoms with E-state index < -0.39 is 0 Å². The van der Waals surface area contributed by atoms with Crippen LogP contribution in [0.15, 0.2) is 18.2 Å². The molecule has 3 fully saturated rings. The Morgan fingerprint density at radius 3 is 2.80 bits per heavy atom. The van der Waals surface area contributed by atoms with Crippen LogP contribution in [-0.2, 0) is 4.79 Å². The van der Waals surface area contributed by atoms with Crippen molar-refractivity contribution in [1.29, 1.82) is 5.26 Å². The first-order valence-electron chi connectivity index (χ1n) is 11.6. The molecular weight excluding hydrogens is 376 g/mol. The normalized spacial score (nSPS) is 31.0. The molecule has 0 unspecified atom stereocenters. The summed E-state index contributed by atoms with van der Waals surface area (Å²) in [6, 6.07) is 8.50. The van der Waals surface area contributed by atoms with Crippen molar-refractivity contribution < 1.29 is 9.53 Å². The van der Waals surface area contributed by atoms with Gasteiger partial charge in [-0.25, -0.2) is 0 Å². The van der Waals surface area contributed by atoms with E-state index in [1.165, 1.54) is 24.8 Å². The molecule has 0 bridgehead atoms. The number of amides is 1. The Labute approximate surface area is 179 Å². The lowest BCUT2D eigenvalue weighted by molar-refractivity contribution is -0.127. The second-order valence-electron chi connectivity index (χ2n) is 9.67. The Bertz CT molecular complexity index is 823. The van der Waals surface area contributed by atoms with Gasteiger partial charge in [-0.15, -0.1) is 0 Å². The van der Waals surface area contributed by atoms with E-state index in [9.17, 15) is 10.1 Å². The topological polar surface area (TPSA) is 77.4 Å². The molecule has 2 N–H and O–H groups in total. The number of rotatable bonds is 5. The fraction of sp³-hybridized carbons (Fsp3) is 0.667. The molecule has 6 nitrogen and oxygen atoms in total. The van der Waals surface area contributed by atoms with Gasteiger partial charge < -0.3 is 20.3 Å². The average Bonchev–Trinajstić information content (AvgIpc) is 3.15. The number of benzene rings is 1. The summed E-state index contributed by atoms with van der Waals surface area (Å²) in [5, 5.41) is 15.7. The summed E-state index contributed by atoms with van der Waals surface area (Å²) in [5.41, 5.74) is 1.96. The summed E-state index contributed by atoms with van der Waals surface area (Å²) >= 11 is 0. The van der Waals surface area contributed by atoms with Gasteiger partial charge in [0.2, 0.25) is 5.91 Å². The lowest BCUT2D eigenvalue weighted by atomic mass is 9.83. The van der Waals surface area contributed by atoms with Crippen molar-refractivity contribution >= 4 is 5.91 Å². The molecule has 6 heteroatoms. The van der Waals surface area contributed by atoms with Crippen LogP contribution in [0, 0.1) is 29.1 Å². The fourth-order valence-corrected chi connectivity index (χ4v) is 5.65. The van der Waals surface area contributed by atoms with Gasteiger partial charge in [-0.05, 0) is 62.8 Å². The molecule has 0 aromatic heterocycles. The van der Waals surface area contributed by atoms with E-state index in [4.69, 9.17) is 4.74 Å². The van der Waals surface area contributed by atoms with Gasteiger partial charge in [-0.1, -0.05) is 0 Å². The molecule has 1 amide bonds. The van der Waals surface area contributed by atoms with Gasteiger partial charge in [0.1, 0.15) is 5.75 Å². The van der Waals surface area contributed by atoms with Gasteiger partial charge >= 0.3 is 0 Å². The Kier molecular flexibility index (Phi) is 5.66. The second-order valence-corrected chi connectivity index (χ2v) is 9.67. The predicted octanol–water partition coefficient (Wildman–Crippen LogP) is 2.25. The van der Waals surface area contributed by atoms with Gasteiger partial charge in [-0.2, -0.15) is 5.26 Å². The zero-order valence-electron chi connectivity index (χ0n) is 17.6. The molecule has 0 radical (unpaired) electrons. The quantitative estimate of drug-likeness (QED) is 0.781. The second kappa shape index (κ2) is 8.56. The van der Waals surface area contributed by atoms with E-state index in [-0.39, 0.29) is 11.8 Å². The minimum Gasteiger partial charge on any atom is -0.493 e. The lowest BCUT2D eigenvalue weighted by Gasteiger charge is -2.33. The molecule has 1 aliphatic carbocycles. The van der Waals surface area contributed by atoms with Crippen molar-refractivity contribution in [3.63, 3.8) is 0 Å². The van der Waals surface area contributed by atoms with E-state index in [0.717, 1.165) is 69.4 Å². The molecule has 5 rings (SSSR count). The van der Waals surface area contributed by atoms with Crippen LogP contribution in [0.25, 0.3) is 0 Å². The van der Waals surface area contributed by atoms with Gasteiger partial charge in [0.15, 0.2) is 0 Å². The molecule has 1 aromatic carbocycles. The van der Waals surface area contributed by atoms with Crippen molar-refractivity contribution in [2.24, 2.45) is 17.8 Å². The van der Waals surface area contributed by atoms with Crippen molar-refractivity contribution in [3.05, 3.63) is 29.3 Å². The number of ether oxygens (including phenoxy) is 1. The van der Waals surface area contributed by atoms with Crippen molar-refractivity contribution in [3.8, 4) is 11.8 Å². The Morgan fingerprint density at radius 2 is 2.07 bits per heavy atom. The van der Waals surface area contributed by atoms with Gasteiger partial charge in [0.05, 0.1) is 24.2 Å². The van der Waals surface area contributed by atoms with E-state index in [2.05, 4.69) is 21.6 Å². The zero-order chi connectivity index (χ0) is 20.5. The van der Waals surface area contributed by atoms with Crippen LogP contribution in [-0.4, -0.2) is 56.2 Å². The van der Waals surface area contributed by atoms with Crippen LogP contribution in [0.1, 0.15) is 49.1 Å². The van der Waals surface area contributed by atoms with Gasteiger partial charge in [0, 0.05) is 49.6 Å². The summed E-state index contributed by atoms with van der Waals surface area (Å²) in [7, 11) is 0. The lowest BCUT2D eigenvalue weighted by Crippen LogP contribution is -2.53. The number of carbonyl (C=O) groups is 1. The highest BCUT2D eigenvalue weighted by Crippen LogP contribution is 2.42. The number of nitrogens with zero attached hydrogens (tertiary/aromatic N) is 2. The Balaban J connectivity index is 1.08. The summed E-state index contributed by atoms with van der Waals surface area (Å²) in [6.45, 7) is 5.80. The molecule has 2 saturated heterocycles. The highest BCUT2D eigenvalue weighted by atomic mass is 16.5. The molecule has 2 atom stereocenters. The standard InChI is InChI=1S/C24H32N4O2/c25-10-17-3-6-23-21(9-17)22-14-28(13-19(22)15-30-23)8-7-16-1-4-20(5-2-16)27-24(29)18-11-26-12-18/h3,6,9,16,18-20,22,26H,1-2,4-5,7-8,11-15H2,(H,27,29)/t16-,19-,20-,22+/m0/s1. The van der Waals surface area contributed by atoms with Gasteiger partial charge in [0.25, 0.3) is 0 Å². The maximum Gasteiger partial charge on any atom is 0.225 e. The van der Waals surface area contributed by atoms with E-state index in [0.29, 0.717) is 17.9 Å². The SMILES string of the molecule is N#Cc1ccc2c(c1)[C@@H]1CN(CC[C@H]3CC[C@H](NC(=O)C4CNC4)CC3)C[C@H]1CO2. The number of likely N-dealkylation sites (tertiary alicyclic amines) is 1. The van der Waals surface area contributed by atoms with Crippen LogP contribution >= 0.6 is 0 Å². The molecule has 1 aromatic rings. The summed E-state index contributed by atoms with van der Waals surface area (Å²) in [4.78, 5) is 14.7. The largest absolute Gasteiger partial charge is 0.493 e. The first-order chi connectivity index (χ1) is 14.7. The molecule has 30 heavy (non-hydrogen) atoms. The fourth-order valence-electron chi connectivity index (χ4n) is 5.65. The third-order valence-corrected chi connectivity index (χ3v) is 7.71. The summed E-state index contributed by atoms with van der Waals surface area (Å²) in [5.74, 6) is 3.22. The zero-order valence-corrected chi connectivity index (χ0v) is 17.6. The third-order valence-electron chi connectivity index (χ3n) is 7.71. The number of carbonyl (C=O) groups excluding carboxylic acids is 1. The molecular formula is C24H32N4O2. The Morgan fingerprint density at radius 1 is 1.23 bits per heavy atom. The van der Waals surface area contributed by atoms with E-state index in [1.807, 2.05) is 18.2 Å². The summed E-state index contributed by atoms with van der Waals surface area (Å²) < 4.78 is 5.98. The minimum atomic E-state index is 0.194. The monoisotopic (exact) mass is 408 g/mol. The molecule has 3 aliphatic heterocycles. The molecule has 1 saturated carbocycles. The Hall–Kier alpha value is -2.10. The van der Waals surface area contributed by atoms with Crippen molar-refractivity contribution in [2.45, 2.75) is 44.1 Å². The van der Waals surface area contributed by atoms with Crippen LogP contribution in [0.3, 0.4) is 0 Å². The molecule has 160 valence electrons. The van der Waals surface area contributed by atoms with Crippen LogP contribution in [0.5, 0.6) is 5.75 Å². The first-order valence-corrected chi connectivity index (χ1v) is 11.6. The first kappa shape index (κ1) is 19.8. The molecule has 4 aliphatic rings. The molecule has 3 heterocycles. The van der Waals surface area contributed by atoms with Crippen LogP contribution in [0.2, 0.25) is 0 Å².